The Morgan fingerprint density at radius 1 is 1.10 bits per heavy atom. The lowest BCUT2D eigenvalue weighted by molar-refractivity contribution is -0.135. The molecule has 0 spiro atoms. The molecule has 1 aliphatic rings. The van der Waals surface area contributed by atoms with E-state index >= 15 is 0 Å². The van der Waals surface area contributed by atoms with E-state index in [2.05, 4.69) is 38.3 Å². The molecule has 1 saturated heterocycles. The summed E-state index contributed by atoms with van der Waals surface area (Å²) in [5, 5.41) is 5.84. The second-order valence-corrected chi connectivity index (χ2v) is 8.71. The molecule has 1 aliphatic heterocycles. The summed E-state index contributed by atoms with van der Waals surface area (Å²) in [6.45, 7) is 9.13. The summed E-state index contributed by atoms with van der Waals surface area (Å²) in [6, 6.07) is 8.39. The summed E-state index contributed by atoms with van der Waals surface area (Å²) in [6.07, 6.45) is 5.68. The number of rotatable bonds is 11. The molecular weight excluding hydrogens is 378 g/mol. The zero-order valence-electron chi connectivity index (χ0n) is 18.9. The summed E-state index contributed by atoms with van der Waals surface area (Å²) < 4.78 is 0. The van der Waals surface area contributed by atoms with Crippen molar-refractivity contribution in [1.29, 1.82) is 0 Å². The number of piperidine rings is 1. The lowest BCUT2D eigenvalue weighted by Gasteiger charge is -2.30. The number of anilines is 1. The minimum absolute atomic E-state index is 0.187. The molecule has 1 heterocycles. The quantitative estimate of drug-likeness (QED) is 0.419. The zero-order chi connectivity index (χ0) is 22.1. The Balaban J connectivity index is 1.67. The first kappa shape index (κ1) is 23.9. The summed E-state index contributed by atoms with van der Waals surface area (Å²) >= 11 is 0. The average molecular weight is 416 g/mol. The van der Waals surface area contributed by atoms with Gasteiger partial charge in [0.1, 0.15) is 0 Å². The molecule has 3 amide bonds. The van der Waals surface area contributed by atoms with Crippen molar-refractivity contribution in [3.8, 4) is 0 Å². The van der Waals surface area contributed by atoms with Gasteiger partial charge in [0.15, 0.2) is 0 Å². The van der Waals surface area contributed by atoms with Crippen molar-refractivity contribution in [2.75, 3.05) is 11.9 Å². The molecule has 1 atom stereocenters. The van der Waals surface area contributed by atoms with Gasteiger partial charge in [-0.05, 0) is 64.7 Å². The monoisotopic (exact) mass is 415 g/mol. The number of amides is 3. The van der Waals surface area contributed by atoms with Crippen LogP contribution in [0.1, 0.15) is 84.1 Å². The Labute approximate surface area is 180 Å². The first-order chi connectivity index (χ1) is 14.3. The van der Waals surface area contributed by atoms with Gasteiger partial charge in [-0.15, -0.1) is 0 Å². The molecule has 1 aromatic carbocycles. The van der Waals surface area contributed by atoms with Gasteiger partial charge in [-0.3, -0.25) is 19.7 Å². The summed E-state index contributed by atoms with van der Waals surface area (Å²) in [5.74, 6) is -0.388. The molecule has 2 N–H and O–H groups in total. The molecule has 0 radical (unpaired) electrons. The molecule has 1 unspecified atom stereocenters. The van der Waals surface area contributed by atoms with E-state index in [0.717, 1.165) is 43.5 Å². The van der Waals surface area contributed by atoms with E-state index in [1.165, 1.54) is 0 Å². The van der Waals surface area contributed by atoms with Crippen LogP contribution >= 0.6 is 0 Å². The standard InChI is InChI=1S/C24H37N3O3/c1-17(2)27(18(3)4)23(29)12-7-5-6-8-15-25-20-11-9-10-19(16-20)21-13-14-22(28)26-24(21)30/h9-11,16-18,21,25H,5-8,12-15H2,1-4H3,(H,26,28,30). The average Bonchev–Trinajstić information content (AvgIpc) is 2.67. The van der Waals surface area contributed by atoms with E-state index < -0.39 is 0 Å². The maximum atomic E-state index is 12.4. The molecule has 2 rings (SSSR count). The third-order valence-corrected chi connectivity index (χ3v) is 5.58. The molecule has 6 heteroatoms. The Kier molecular flexibility index (Phi) is 9.34. The maximum absolute atomic E-state index is 12.4. The number of hydrogen-bond acceptors (Lipinski definition) is 4. The van der Waals surface area contributed by atoms with E-state index in [1.54, 1.807) is 0 Å². The van der Waals surface area contributed by atoms with Crippen molar-refractivity contribution in [1.82, 2.24) is 10.2 Å². The molecule has 0 aromatic heterocycles. The fourth-order valence-electron chi connectivity index (χ4n) is 4.17. The lowest BCUT2D eigenvalue weighted by Crippen LogP contribution is -2.41. The largest absolute Gasteiger partial charge is 0.385 e. The molecule has 166 valence electrons. The van der Waals surface area contributed by atoms with Gasteiger partial charge in [-0.2, -0.15) is 0 Å². The van der Waals surface area contributed by atoms with Crippen LogP contribution in [0.25, 0.3) is 0 Å². The van der Waals surface area contributed by atoms with Gasteiger partial charge in [0.25, 0.3) is 0 Å². The van der Waals surface area contributed by atoms with Crippen molar-refractivity contribution in [3.05, 3.63) is 29.8 Å². The number of unbranched alkanes of at least 4 members (excludes halogenated alkanes) is 3. The van der Waals surface area contributed by atoms with Crippen molar-refractivity contribution in [3.63, 3.8) is 0 Å². The van der Waals surface area contributed by atoms with Crippen LogP contribution in [0.5, 0.6) is 0 Å². The Morgan fingerprint density at radius 2 is 1.80 bits per heavy atom. The zero-order valence-corrected chi connectivity index (χ0v) is 18.9. The van der Waals surface area contributed by atoms with E-state index in [4.69, 9.17) is 0 Å². The lowest BCUT2D eigenvalue weighted by atomic mass is 9.90. The van der Waals surface area contributed by atoms with Gasteiger partial charge in [-0.1, -0.05) is 25.0 Å². The predicted octanol–water partition coefficient (Wildman–Crippen LogP) is 4.21. The second-order valence-electron chi connectivity index (χ2n) is 8.71. The maximum Gasteiger partial charge on any atom is 0.234 e. The molecule has 0 aliphatic carbocycles. The van der Waals surface area contributed by atoms with E-state index in [-0.39, 0.29) is 35.7 Å². The number of benzene rings is 1. The van der Waals surface area contributed by atoms with E-state index in [9.17, 15) is 14.4 Å². The number of imide groups is 1. The van der Waals surface area contributed by atoms with Gasteiger partial charge in [-0.25, -0.2) is 0 Å². The molecule has 1 fully saturated rings. The van der Waals surface area contributed by atoms with E-state index in [0.29, 0.717) is 19.3 Å². The van der Waals surface area contributed by atoms with Crippen molar-refractivity contribution in [2.45, 2.75) is 90.6 Å². The highest BCUT2D eigenvalue weighted by Crippen LogP contribution is 2.26. The van der Waals surface area contributed by atoms with Gasteiger partial charge in [0.2, 0.25) is 17.7 Å². The number of hydrogen-bond donors (Lipinski definition) is 2. The van der Waals surface area contributed by atoms with Crippen LogP contribution in [0.4, 0.5) is 5.69 Å². The third-order valence-electron chi connectivity index (χ3n) is 5.58. The predicted molar refractivity (Wildman–Crippen MR) is 120 cm³/mol. The fourth-order valence-corrected chi connectivity index (χ4v) is 4.17. The summed E-state index contributed by atoms with van der Waals surface area (Å²) in [5.41, 5.74) is 1.94. The number of carbonyl (C=O) groups is 3. The first-order valence-corrected chi connectivity index (χ1v) is 11.3. The van der Waals surface area contributed by atoms with Crippen LogP contribution < -0.4 is 10.6 Å². The van der Waals surface area contributed by atoms with Gasteiger partial charge >= 0.3 is 0 Å². The van der Waals surface area contributed by atoms with Crippen LogP contribution in [-0.4, -0.2) is 41.2 Å². The van der Waals surface area contributed by atoms with Crippen molar-refractivity contribution >= 4 is 23.4 Å². The van der Waals surface area contributed by atoms with Gasteiger partial charge in [0, 0.05) is 37.2 Å². The van der Waals surface area contributed by atoms with Crippen LogP contribution in [0.3, 0.4) is 0 Å². The van der Waals surface area contributed by atoms with Crippen LogP contribution in [0.15, 0.2) is 24.3 Å². The minimum atomic E-state index is -0.252. The molecular formula is C24H37N3O3. The normalized spacial score (nSPS) is 16.7. The molecule has 30 heavy (non-hydrogen) atoms. The minimum Gasteiger partial charge on any atom is -0.385 e. The Bertz CT molecular complexity index is 722. The van der Waals surface area contributed by atoms with Crippen molar-refractivity contribution in [2.24, 2.45) is 0 Å². The van der Waals surface area contributed by atoms with Crippen molar-refractivity contribution < 1.29 is 14.4 Å². The Hall–Kier alpha value is -2.37. The number of carbonyl (C=O) groups excluding carboxylic acids is 3. The SMILES string of the molecule is CC(C)N(C(=O)CCCCCCNc1cccc(C2CCC(=O)NC2=O)c1)C(C)C. The second kappa shape index (κ2) is 11.7. The Morgan fingerprint density at radius 3 is 2.47 bits per heavy atom. The van der Waals surface area contributed by atoms with Crippen LogP contribution in [-0.2, 0) is 14.4 Å². The molecule has 6 nitrogen and oxygen atoms in total. The number of nitrogens with zero attached hydrogens (tertiary/aromatic N) is 1. The van der Waals surface area contributed by atoms with E-state index in [1.807, 2.05) is 29.2 Å². The van der Waals surface area contributed by atoms with Crippen LogP contribution in [0, 0.1) is 0 Å². The highest BCUT2D eigenvalue weighted by molar-refractivity contribution is 6.01. The first-order valence-electron chi connectivity index (χ1n) is 11.3. The highest BCUT2D eigenvalue weighted by Gasteiger charge is 2.27. The molecule has 1 aromatic rings. The smallest absolute Gasteiger partial charge is 0.234 e. The number of nitrogens with one attached hydrogen (secondary N) is 2. The van der Waals surface area contributed by atoms with Crippen LogP contribution in [0.2, 0.25) is 0 Å². The third kappa shape index (κ3) is 7.15. The fraction of sp³-hybridized carbons (Fsp3) is 0.625. The summed E-state index contributed by atoms with van der Waals surface area (Å²) in [4.78, 5) is 37.7. The summed E-state index contributed by atoms with van der Waals surface area (Å²) in [7, 11) is 0. The molecule has 0 bridgehead atoms. The van der Waals surface area contributed by atoms with Gasteiger partial charge < -0.3 is 10.2 Å². The highest BCUT2D eigenvalue weighted by atomic mass is 16.2. The topological polar surface area (TPSA) is 78.5 Å². The molecule has 0 saturated carbocycles. The van der Waals surface area contributed by atoms with Gasteiger partial charge in [0.05, 0.1) is 5.92 Å².